The number of hydrogen-bond donors (Lipinski definition) is 3. The molecule has 3 N–H and O–H groups in total. The van der Waals surface area contributed by atoms with Crippen molar-refractivity contribution >= 4 is 57.8 Å². The standard InChI is InChI=1S/C29H38N6O3S/c1-7-20(17-35(6)8-2)25-11-12-26(39-25)28(36)32-18-31-22-16-24-23(33-27(19(4)5)29(37)34-24)15-21(22)30-13-10-14-38-9-3/h7,11-12,15-19H,8-10,13-14H2,1-6H3,(H2-,30,31,32,33,34,36,37)/p+1. The molecule has 0 aliphatic rings. The third-order valence-electron chi connectivity index (χ3n) is 6.05. The first kappa shape index (κ1) is 29.9. The molecule has 0 fully saturated rings. The highest BCUT2D eigenvalue weighted by Crippen LogP contribution is 2.29. The third kappa shape index (κ3) is 8.18. The SMILES string of the molecule is CC=C(C=[N+](C)CC)c1ccc(C(=O)NC=Nc2cc3[nH]c(=O)c(C(C)C)nc3cc2NCCCOCC)s1. The van der Waals surface area contributed by atoms with Crippen LogP contribution in [-0.4, -0.2) is 66.4 Å². The van der Waals surface area contributed by atoms with E-state index < -0.39 is 0 Å². The number of carbonyl (C=O) groups is 1. The lowest BCUT2D eigenvalue weighted by Crippen LogP contribution is -2.20. The molecule has 0 spiro atoms. The van der Waals surface area contributed by atoms with Gasteiger partial charge in [0.05, 0.1) is 39.2 Å². The third-order valence-corrected chi connectivity index (χ3v) is 7.18. The van der Waals surface area contributed by atoms with Crippen molar-refractivity contribution in [3.8, 4) is 0 Å². The molecule has 0 saturated carbocycles. The maximum atomic E-state index is 12.8. The van der Waals surface area contributed by atoms with Crippen molar-refractivity contribution in [2.75, 3.05) is 38.7 Å². The largest absolute Gasteiger partial charge is 0.383 e. The molecule has 0 unspecified atom stereocenters. The number of amides is 1. The van der Waals surface area contributed by atoms with Gasteiger partial charge in [0.15, 0.2) is 6.21 Å². The van der Waals surface area contributed by atoms with E-state index >= 15 is 0 Å². The highest BCUT2D eigenvalue weighted by atomic mass is 32.1. The van der Waals surface area contributed by atoms with Crippen molar-refractivity contribution < 1.29 is 14.1 Å². The summed E-state index contributed by atoms with van der Waals surface area (Å²) >= 11 is 1.43. The quantitative estimate of drug-likeness (QED) is 0.117. The second-order valence-electron chi connectivity index (χ2n) is 9.31. The van der Waals surface area contributed by atoms with Crippen LogP contribution in [0.4, 0.5) is 11.4 Å². The van der Waals surface area contributed by atoms with Gasteiger partial charge in [0, 0.05) is 30.6 Å². The number of thiophene rings is 1. The number of aromatic nitrogens is 2. The van der Waals surface area contributed by atoms with Gasteiger partial charge in [-0.15, -0.1) is 11.3 Å². The molecule has 2 heterocycles. The number of anilines is 1. The van der Waals surface area contributed by atoms with E-state index in [0.29, 0.717) is 47.1 Å². The van der Waals surface area contributed by atoms with E-state index in [9.17, 15) is 9.59 Å². The lowest BCUT2D eigenvalue weighted by molar-refractivity contribution is -0.487. The first-order chi connectivity index (χ1) is 18.8. The number of H-pyrrole nitrogens is 1. The average molecular weight is 552 g/mol. The van der Waals surface area contributed by atoms with Crippen LogP contribution in [0.15, 0.2) is 40.1 Å². The summed E-state index contributed by atoms with van der Waals surface area (Å²) in [5.41, 5.74) is 3.93. The Morgan fingerprint density at radius 1 is 1.26 bits per heavy atom. The number of nitrogens with one attached hydrogen (secondary N) is 3. The van der Waals surface area contributed by atoms with Crippen LogP contribution in [0.5, 0.6) is 0 Å². The topological polar surface area (TPSA) is 111 Å². The number of benzene rings is 1. The number of hydrogen-bond acceptors (Lipinski definition) is 7. The van der Waals surface area contributed by atoms with E-state index in [1.54, 1.807) is 6.07 Å². The van der Waals surface area contributed by atoms with Gasteiger partial charge in [-0.3, -0.25) is 9.59 Å². The zero-order valence-corrected chi connectivity index (χ0v) is 24.4. The molecule has 0 atom stereocenters. The van der Waals surface area contributed by atoms with Crippen LogP contribution in [0, 0.1) is 0 Å². The molecule has 0 radical (unpaired) electrons. The normalized spacial score (nSPS) is 12.6. The molecule has 39 heavy (non-hydrogen) atoms. The number of nitrogens with zero attached hydrogens (tertiary/aromatic N) is 3. The number of allylic oxidation sites excluding steroid dienone is 2. The summed E-state index contributed by atoms with van der Waals surface area (Å²) in [4.78, 5) is 39.0. The Kier molecular flexibility index (Phi) is 11.1. The Morgan fingerprint density at radius 3 is 2.72 bits per heavy atom. The van der Waals surface area contributed by atoms with Crippen LogP contribution in [-0.2, 0) is 4.74 Å². The summed E-state index contributed by atoms with van der Waals surface area (Å²) in [6.45, 7) is 12.8. The molecule has 0 aliphatic carbocycles. The Balaban J connectivity index is 1.82. The second-order valence-corrected chi connectivity index (χ2v) is 10.4. The van der Waals surface area contributed by atoms with Gasteiger partial charge < -0.3 is 20.4 Å². The second kappa shape index (κ2) is 14.5. The van der Waals surface area contributed by atoms with Gasteiger partial charge in [-0.25, -0.2) is 14.6 Å². The summed E-state index contributed by atoms with van der Waals surface area (Å²) in [5, 5.41) is 6.16. The number of aliphatic imine (C=N–C) groups is 1. The number of aromatic amines is 1. The van der Waals surface area contributed by atoms with Gasteiger partial charge in [0.2, 0.25) is 0 Å². The highest BCUT2D eigenvalue weighted by Gasteiger charge is 2.13. The first-order valence-corrected chi connectivity index (χ1v) is 14.1. The fraction of sp³-hybridized carbons (Fsp3) is 0.414. The van der Waals surface area contributed by atoms with E-state index in [0.717, 1.165) is 29.1 Å². The smallest absolute Gasteiger partial charge is 0.270 e. The van der Waals surface area contributed by atoms with Crippen LogP contribution in [0.2, 0.25) is 0 Å². The van der Waals surface area contributed by atoms with Crippen molar-refractivity contribution in [3.63, 3.8) is 0 Å². The molecule has 208 valence electrons. The van der Waals surface area contributed by atoms with Crippen molar-refractivity contribution in [3.05, 3.63) is 56.1 Å². The highest BCUT2D eigenvalue weighted by molar-refractivity contribution is 7.15. The fourth-order valence-electron chi connectivity index (χ4n) is 3.77. The maximum absolute atomic E-state index is 12.8. The molecule has 0 bridgehead atoms. The molecule has 10 heteroatoms. The number of rotatable bonds is 13. The van der Waals surface area contributed by atoms with Crippen LogP contribution in [0.3, 0.4) is 0 Å². The van der Waals surface area contributed by atoms with Crippen LogP contribution in [0.1, 0.15) is 67.2 Å². The first-order valence-electron chi connectivity index (χ1n) is 13.3. The molecule has 9 nitrogen and oxygen atoms in total. The number of ether oxygens (including phenoxy) is 1. The van der Waals surface area contributed by atoms with E-state index in [4.69, 9.17) is 4.74 Å². The monoisotopic (exact) mass is 551 g/mol. The molecule has 3 rings (SSSR count). The van der Waals surface area contributed by atoms with Crippen molar-refractivity contribution in [1.29, 1.82) is 0 Å². The molecule has 0 aliphatic heterocycles. The van der Waals surface area contributed by atoms with Gasteiger partial charge in [-0.05, 0) is 51.5 Å². The average Bonchev–Trinajstić information content (AvgIpc) is 3.41. The van der Waals surface area contributed by atoms with Gasteiger partial charge in [-0.1, -0.05) is 19.9 Å². The molecule has 1 amide bonds. The Hall–Kier alpha value is -3.63. The van der Waals surface area contributed by atoms with Crippen molar-refractivity contribution in [1.82, 2.24) is 15.3 Å². The summed E-state index contributed by atoms with van der Waals surface area (Å²) in [6.07, 6.45) is 6.31. The summed E-state index contributed by atoms with van der Waals surface area (Å²) in [7, 11) is 2.02. The molecule has 1 aromatic carbocycles. The fourth-order valence-corrected chi connectivity index (χ4v) is 4.72. The maximum Gasteiger partial charge on any atom is 0.270 e. The molecule has 0 saturated heterocycles. The van der Waals surface area contributed by atoms with Gasteiger partial charge >= 0.3 is 0 Å². The summed E-state index contributed by atoms with van der Waals surface area (Å²) in [6, 6.07) is 7.41. The van der Waals surface area contributed by atoms with Crippen LogP contribution < -0.4 is 16.2 Å². The Labute approximate surface area is 233 Å². The minimum Gasteiger partial charge on any atom is -0.383 e. The number of carbonyl (C=O) groups excluding carboxylic acids is 1. The molecular weight excluding hydrogens is 512 g/mol. The minimum atomic E-state index is -0.238. The Morgan fingerprint density at radius 2 is 2.03 bits per heavy atom. The lowest BCUT2D eigenvalue weighted by Gasteiger charge is -2.12. The van der Waals surface area contributed by atoms with Crippen LogP contribution in [0.25, 0.3) is 16.6 Å². The van der Waals surface area contributed by atoms with Gasteiger partial charge in [0.1, 0.15) is 19.3 Å². The minimum absolute atomic E-state index is 0.000713. The lowest BCUT2D eigenvalue weighted by atomic mass is 10.1. The van der Waals surface area contributed by atoms with E-state index in [2.05, 4.69) is 43.3 Å². The zero-order valence-electron chi connectivity index (χ0n) is 23.6. The zero-order chi connectivity index (χ0) is 28.4. The predicted molar refractivity (Wildman–Crippen MR) is 162 cm³/mol. The van der Waals surface area contributed by atoms with E-state index in [1.165, 1.54) is 17.7 Å². The van der Waals surface area contributed by atoms with E-state index in [-0.39, 0.29) is 17.4 Å². The summed E-state index contributed by atoms with van der Waals surface area (Å²) in [5.74, 6) is -0.237. The van der Waals surface area contributed by atoms with Gasteiger partial charge in [-0.2, -0.15) is 0 Å². The molecule has 3 aromatic rings. The van der Waals surface area contributed by atoms with Crippen molar-refractivity contribution in [2.24, 2.45) is 4.99 Å². The Bertz CT molecular complexity index is 1430. The predicted octanol–water partition coefficient (Wildman–Crippen LogP) is 5.17. The number of fused-ring (bicyclic) bond motifs is 1. The van der Waals surface area contributed by atoms with E-state index in [1.807, 2.05) is 59.0 Å². The van der Waals surface area contributed by atoms with Crippen molar-refractivity contribution in [2.45, 2.75) is 47.0 Å². The van der Waals surface area contributed by atoms with Gasteiger partial charge in [0.25, 0.3) is 11.5 Å². The summed E-state index contributed by atoms with van der Waals surface area (Å²) < 4.78 is 7.53. The van der Waals surface area contributed by atoms with Crippen LogP contribution >= 0.6 is 11.3 Å². The molecule has 2 aromatic heterocycles. The molecular formula is C29H39N6O3S+.